The van der Waals surface area contributed by atoms with Crippen molar-refractivity contribution in [2.45, 2.75) is 53.4 Å². The van der Waals surface area contributed by atoms with Crippen molar-refractivity contribution in [3.8, 4) is 0 Å². The molecule has 0 aliphatic carbocycles. The number of oxime groups is 1. The lowest BCUT2D eigenvalue weighted by molar-refractivity contribution is -0.138. The minimum absolute atomic E-state index is 0.00325. The molecule has 1 heterocycles. The number of likely N-dealkylation sites (tertiary alicyclic amines) is 1. The van der Waals surface area contributed by atoms with E-state index in [4.69, 9.17) is 10.9 Å². The first-order valence-corrected chi connectivity index (χ1v) is 7.04. The molecule has 0 aromatic rings. The van der Waals surface area contributed by atoms with Gasteiger partial charge in [-0.2, -0.15) is 0 Å². The molecule has 1 aliphatic rings. The third kappa shape index (κ3) is 3.39. The molecule has 1 atom stereocenters. The lowest BCUT2D eigenvalue weighted by atomic mass is 9.84. The smallest absolute Gasteiger partial charge is 0.236 e. The van der Waals surface area contributed by atoms with Gasteiger partial charge in [-0.1, -0.05) is 25.9 Å². The molecule has 0 aromatic heterocycles. The van der Waals surface area contributed by atoms with Crippen LogP contribution in [0.4, 0.5) is 0 Å². The summed E-state index contributed by atoms with van der Waals surface area (Å²) in [6.45, 7) is 9.63. The van der Waals surface area contributed by atoms with E-state index in [2.05, 4.69) is 19.0 Å². The summed E-state index contributed by atoms with van der Waals surface area (Å²) in [5.41, 5.74) is 5.10. The average Bonchev–Trinajstić information content (AvgIpc) is 2.56. The summed E-state index contributed by atoms with van der Waals surface area (Å²) in [7, 11) is 0. The normalized spacial score (nSPS) is 23.6. The van der Waals surface area contributed by atoms with Crippen LogP contribution in [-0.2, 0) is 4.79 Å². The van der Waals surface area contributed by atoms with E-state index in [9.17, 15) is 4.79 Å². The number of rotatable bonds is 3. The van der Waals surface area contributed by atoms with Crippen LogP contribution in [0.1, 0.15) is 53.4 Å². The Morgan fingerprint density at radius 2 is 2.05 bits per heavy atom. The van der Waals surface area contributed by atoms with Crippen molar-refractivity contribution in [3.63, 3.8) is 0 Å². The van der Waals surface area contributed by atoms with Gasteiger partial charge in [0.1, 0.15) is 5.41 Å². The number of carbonyl (C=O) groups is 1. The Labute approximate surface area is 115 Å². The average molecular weight is 269 g/mol. The SMILES string of the molecule is CCC(C)(C(=O)N1CCCC(C)(C)CC1)C(N)=NO. The minimum atomic E-state index is -0.900. The van der Waals surface area contributed by atoms with Gasteiger partial charge in [0.05, 0.1) is 0 Å². The van der Waals surface area contributed by atoms with Crippen LogP contribution in [0.2, 0.25) is 0 Å². The van der Waals surface area contributed by atoms with Crippen molar-refractivity contribution < 1.29 is 10.0 Å². The fourth-order valence-electron chi connectivity index (χ4n) is 2.53. The number of hydrogen-bond donors (Lipinski definition) is 2. The number of nitrogens with two attached hydrogens (primary N) is 1. The number of amidine groups is 1. The van der Waals surface area contributed by atoms with Gasteiger partial charge in [0, 0.05) is 13.1 Å². The molecule has 110 valence electrons. The second-order valence-corrected chi connectivity index (χ2v) is 6.48. The third-order valence-corrected chi connectivity index (χ3v) is 4.48. The van der Waals surface area contributed by atoms with Crippen LogP contribution in [0.15, 0.2) is 5.16 Å². The lowest BCUT2D eigenvalue weighted by Gasteiger charge is -2.32. The zero-order valence-corrected chi connectivity index (χ0v) is 12.6. The van der Waals surface area contributed by atoms with Crippen LogP contribution in [0.25, 0.3) is 0 Å². The summed E-state index contributed by atoms with van der Waals surface area (Å²) in [5.74, 6) is -0.0218. The molecule has 1 amide bonds. The van der Waals surface area contributed by atoms with Gasteiger partial charge in [-0.25, -0.2) is 0 Å². The van der Waals surface area contributed by atoms with Crippen molar-refractivity contribution in [1.29, 1.82) is 0 Å². The standard InChI is InChI=1S/C14H27N3O2/c1-5-14(4,11(15)16-19)12(18)17-9-6-7-13(2,3)8-10-17/h19H,5-10H2,1-4H3,(H2,15,16). The molecule has 5 nitrogen and oxygen atoms in total. The van der Waals surface area contributed by atoms with Gasteiger partial charge in [0.25, 0.3) is 0 Å². The van der Waals surface area contributed by atoms with Gasteiger partial charge in [0.2, 0.25) is 5.91 Å². The highest BCUT2D eigenvalue weighted by molar-refractivity contribution is 6.06. The van der Waals surface area contributed by atoms with Crippen molar-refractivity contribution in [1.82, 2.24) is 4.90 Å². The first kappa shape index (κ1) is 15.8. The van der Waals surface area contributed by atoms with Crippen LogP contribution >= 0.6 is 0 Å². The fraction of sp³-hybridized carbons (Fsp3) is 0.857. The maximum atomic E-state index is 12.7. The Morgan fingerprint density at radius 1 is 1.42 bits per heavy atom. The minimum Gasteiger partial charge on any atom is -0.409 e. The summed E-state index contributed by atoms with van der Waals surface area (Å²) in [4.78, 5) is 14.5. The molecule has 0 aromatic carbocycles. The molecule has 0 bridgehead atoms. The zero-order chi connectivity index (χ0) is 14.7. The first-order valence-electron chi connectivity index (χ1n) is 7.04. The van der Waals surface area contributed by atoms with E-state index in [0.29, 0.717) is 6.42 Å². The van der Waals surface area contributed by atoms with Gasteiger partial charge in [-0.05, 0) is 38.0 Å². The molecule has 0 spiro atoms. The van der Waals surface area contributed by atoms with Gasteiger partial charge >= 0.3 is 0 Å². The molecule has 1 aliphatic heterocycles. The van der Waals surface area contributed by atoms with E-state index in [-0.39, 0.29) is 17.2 Å². The molecule has 19 heavy (non-hydrogen) atoms. The highest BCUT2D eigenvalue weighted by atomic mass is 16.4. The molecular formula is C14H27N3O2. The molecule has 1 fully saturated rings. The molecule has 0 radical (unpaired) electrons. The number of hydrogen-bond acceptors (Lipinski definition) is 3. The van der Waals surface area contributed by atoms with Crippen LogP contribution in [0.5, 0.6) is 0 Å². The number of carbonyl (C=O) groups excluding carboxylic acids is 1. The monoisotopic (exact) mass is 269 g/mol. The van der Waals surface area contributed by atoms with E-state index >= 15 is 0 Å². The molecule has 0 saturated carbocycles. The largest absolute Gasteiger partial charge is 0.409 e. The summed E-state index contributed by atoms with van der Waals surface area (Å²) in [6.07, 6.45) is 3.66. The van der Waals surface area contributed by atoms with E-state index < -0.39 is 5.41 Å². The molecule has 1 saturated heterocycles. The number of amides is 1. The zero-order valence-electron chi connectivity index (χ0n) is 12.6. The summed E-state index contributed by atoms with van der Waals surface area (Å²) in [6, 6.07) is 0. The predicted octanol–water partition coefficient (Wildman–Crippen LogP) is 2.19. The van der Waals surface area contributed by atoms with Gasteiger partial charge < -0.3 is 15.8 Å². The van der Waals surface area contributed by atoms with E-state index in [1.54, 1.807) is 6.92 Å². The third-order valence-electron chi connectivity index (χ3n) is 4.48. The summed E-state index contributed by atoms with van der Waals surface area (Å²) in [5, 5.41) is 11.9. The Morgan fingerprint density at radius 3 is 2.58 bits per heavy atom. The van der Waals surface area contributed by atoms with Crippen LogP contribution < -0.4 is 5.73 Å². The summed E-state index contributed by atoms with van der Waals surface area (Å²) < 4.78 is 0. The highest BCUT2D eigenvalue weighted by Gasteiger charge is 2.40. The summed E-state index contributed by atoms with van der Waals surface area (Å²) >= 11 is 0. The van der Waals surface area contributed by atoms with E-state index in [1.165, 1.54) is 0 Å². The predicted molar refractivity (Wildman–Crippen MR) is 76.0 cm³/mol. The first-order chi connectivity index (χ1) is 8.77. The van der Waals surface area contributed by atoms with E-state index in [0.717, 1.165) is 32.4 Å². The Bertz CT molecular complexity index is 366. The topological polar surface area (TPSA) is 78.9 Å². The van der Waals surface area contributed by atoms with Gasteiger partial charge in [0.15, 0.2) is 5.84 Å². The number of nitrogens with zero attached hydrogens (tertiary/aromatic N) is 2. The van der Waals surface area contributed by atoms with Gasteiger partial charge in [-0.3, -0.25) is 4.79 Å². The Balaban J connectivity index is 2.87. The van der Waals surface area contributed by atoms with Crippen molar-refractivity contribution in [2.24, 2.45) is 21.7 Å². The Hall–Kier alpha value is -1.26. The molecule has 1 unspecified atom stereocenters. The van der Waals surface area contributed by atoms with Crippen LogP contribution in [-0.4, -0.2) is 34.9 Å². The fourth-order valence-corrected chi connectivity index (χ4v) is 2.53. The molecule has 3 N–H and O–H groups in total. The van der Waals surface area contributed by atoms with Crippen molar-refractivity contribution >= 4 is 11.7 Å². The van der Waals surface area contributed by atoms with Crippen LogP contribution in [0.3, 0.4) is 0 Å². The molecular weight excluding hydrogens is 242 g/mol. The Kier molecular flexibility index (Phi) is 4.82. The highest BCUT2D eigenvalue weighted by Crippen LogP contribution is 2.32. The molecule has 5 heteroatoms. The van der Waals surface area contributed by atoms with Crippen LogP contribution in [0, 0.1) is 10.8 Å². The quantitative estimate of drug-likeness (QED) is 0.357. The maximum Gasteiger partial charge on any atom is 0.236 e. The second kappa shape index (κ2) is 5.80. The van der Waals surface area contributed by atoms with Gasteiger partial charge in [-0.15, -0.1) is 0 Å². The van der Waals surface area contributed by atoms with E-state index in [1.807, 2.05) is 11.8 Å². The molecule has 1 rings (SSSR count). The van der Waals surface area contributed by atoms with Crippen molar-refractivity contribution in [3.05, 3.63) is 0 Å². The maximum absolute atomic E-state index is 12.7. The second-order valence-electron chi connectivity index (χ2n) is 6.48. The van der Waals surface area contributed by atoms with Crippen molar-refractivity contribution in [2.75, 3.05) is 13.1 Å². The lowest BCUT2D eigenvalue weighted by Crippen LogP contribution is -2.49.